The molecule has 0 N–H and O–H groups in total. The van der Waals surface area contributed by atoms with Crippen molar-refractivity contribution in [2.75, 3.05) is 13.1 Å². The molecule has 0 aromatic carbocycles. The molecule has 9 heteroatoms. The number of carbonyl (C=O) groups excluding carboxylic acids is 1. The smallest absolute Gasteiger partial charge is 0.358 e. The summed E-state index contributed by atoms with van der Waals surface area (Å²) in [5, 5.41) is 10.7. The summed E-state index contributed by atoms with van der Waals surface area (Å²) in [4.78, 5) is 13.1. The predicted molar refractivity (Wildman–Crippen MR) is 62.0 cm³/mol. The Morgan fingerprint density at radius 2 is 1.70 bits per heavy atom. The third-order valence-electron chi connectivity index (χ3n) is 3.43. The average molecular weight is 287 g/mol. The molecule has 1 aromatic rings. The van der Waals surface area contributed by atoms with Crippen molar-refractivity contribution in [2.45, 2.75) is 31.9 Å². The Labute approximate surface area is 112 Å². The highest BCUT2D eigenvalue weighted by atomic mass is 19.4. The monoisotopic (exact) mass is 287 g/mol. The van der Waals surface area contributed by atoms with Gasteiger partial charge >= 0.3 is 6.18 Å². The molecule has 6 nitrogen and oxygen atoms in total. The lowest BCUT2D eigenvalue weighted by atomic mass is 10.1. The van der Waals surface area contributed by atoms with Gasteiger partial charge in [-0.25, -0.2) is 0 Å². The topological polar surface area (TPSA) is 63.4 Å². The molecule has 108 valence electrons. The van der Waals surface area contributed by atoms with Crippen LogP contribution in [0.1, 0.15) is 30.9 Å². The van der Waals surface area contributed by atoms with Gasteiger partial charge in [0, 0.05) is 38.8 Å². The summed E-state index contributed by atoms with van der Waals surface area (Å²) in [7, 11) is 0. The third kappa shape index (κ3) is 2.27. The minimum Gasteiger partial charge on any atom is -0.358 e. The zero-order chi connectivity index (χ0) is 14.3. The second-order valence-corrected chi connectivity index (χ2v) is 4.79. The number of nitrogens with zero attached hydrogens (tertiary/aromatic N) is 5. The minimum absolute atomic E-state index is 0.179. The van der Waals surface area contributed by atoms with Crippen LogP contribution in [-0.2, 0) is 17.4 Å². The number of fused-ring (bicyclic) bond motifs is 1. The standard InChI is InChI=1S/C11H12F3N5O/c12-11(13,14)10-16-15-8-1-2-9(17-19(8)10)18-5-3-7(20)4-6-18/h1-6H2. The molecule has 1 fully saturated rings. The number of halogens is 3. The Hall–Kier alpha value is -1.93. The van der Waals surface area contributed by atoms with Crippen LogP contribution in [0.15, 0.2) is 5.10 Å². The van der Waals surface area contributed by atoms with E-state index in [-0.39, 0.29) is 11.6 Å². The molecule has 1 aromatic heterocycles. The summed E-state index contributed by atoms with van der Waals surface area (Å²) >= 11 is 0. The summed E-state index contributed by atoms with van der Waals surface area (Å²) in [6.45, 7) is 1.02. The number of likely N-dealkylation sites (tertiary alicyclic amines) is 1. The molecule has 0 atom stereocenters. The van der Waals surface area contributed by atoms with Crippen LogP contribution >= 0.6 is 0 Å². The zero-order valence-electron chi connectivity index (χ0n) is 10.5. The number of aryl methyl sites for hydroxylation is 1. The summed E-state index contributed by atoms with van der Waals surface area (Å²) < 4.78 is 39.1. The summed E-state index contributed by atoms with van der Waals surface area (Å²) in [5.41, 5.74) is 0. The van der Waals surface area contributed by atoms with E-state index < -0.39 is 12.0 Å². The number of amidine groups is 1. The average Bonchev–Trinajstić information content (AvgIpc) is 2.82. The fourth-order valence-corrected chi connectivity index (χ4v) is 2.37. The van der Waals surface area contributed by atoms with E-state index in [9.17, 15) is 18.0 Å². The number of ketones is 1. The Balaban J connectivity index is 1.89. The van der Waals surface area contributed by atoms with E-state index in [4.69, 9.17) is 0 Å². The molecular formula is C11H12F3N5O. The van der Waals surface area contributed by atoms with E-state index in [0.29, 0.717) is 44.6 Å². The first-order chi connectivity index (χ1) is 9.45. The number of carbonyl (C=O) groups is 1. The molecule has 1 saturated heterocycles. The molecule has 0 bridgehead atoms. The first-order valence-electron chi connectivity index (χ1n) is 6.31. The molecule has 3 rings (SSSR count). The second-order valence-electron chi connectivity index (χ2n) is 4.79. The van der Waals surface area contributed by atoms with Gasteiger partial charge < -0.3 is 4.90 Å². The Kier molecular flexibility index (Phi) is 2.98. The number of hydrogen-bond acceptors (Lipinski definition) is 5. The molecule has 2 aliphatic rings. The lowest BCUT2D eigenvalue weighted by molar-refractivity contribution is -0.147. The summed E-state index contributed by atoms with van der Waals surface area (Å²) in [6, 6.07) is 0. The van der Waals surface area contributed by atoms with Crippen molar-refractivity contribution in [3.8, 4) is 0 Å². The summed E-state index contributed by atoms with van der Waals surface area (Å²) in [5.74, 6) is -0.138. The van der Waals surface area contributed by atoms with Crippen LogP contribution in [0.25, 0.3) is 0 Å². The molecular weight excluding hydrogens is 275 g/mol. The molecule has 0 unspecified atom stereocenters. The normalized spacial score (nSPS) is 19.9. The maximum absolute atomic E-state index is 12.8. The largest absolute Gasteiger partial charge is 0.453 e. The Bertz CT molecular complexity index is 567. The molecule has 20 heavy (non-hydrogen) atoms. The van der Waals surface area contributed by atoms with E-state index >= 15 is 0 Å². The van der Waals surface area contributed by atoms with Crippen LogP contribution in [0, 0.1) is 0 Å². The van der Waals surface area contributed by atoms with Crippen LogP contribution < -0.4 is 0 Å². The van der Waals surface area contributed by atoms with Crippen LogP contribution in [-0.4, -0.2) is 44.5 Å². The molecule has 0 saturated carbocycles. The van der Waals surface area contributed by atoms with Gasteiger partial charge in [-0.2, -0.15) is 22.9 Å². The first-order valence-corrected chi connectivity index (χ1v) is 6.31. The lowest BCUT2D eigenvalue weighted by Gasteiger charge is -2.30. The molecule has 0 amide bonds. The molecule has 0 aliphatic carbocycles. The van der Waals surface area contributed by atoms with Gasteiger partial charge in [0.2, 0.25) is 0 Å². The van der Waals surface area contributed by atoms with E-state index in [1.54, 1.807) is 0 Å². The van der Waals surface area contributed by atoms with E-state index in [1.807, 2.05) is 4.90 Å². The van der Waals surface area contributed by atoms with Gasteiger partial charge in [0.1, 0.15) is 11.6 Å². The van der Waals surface area contributed by atoms with Crippen molar-refractivity contribution in [1.29, 1.82) is 0 Å². The van der Waals surface area contributed by atoms with Gasteiger partial charge in [-0.05, 0) is 0 Å². The maximum atomic E-state index is 12.8. The van der Waals surface area contributed by atoms with Crippen molar-refractivity contribution in [3.63, 3.8) is 0 Å². The van der Waals surface area contributed by atoms with Crippen molar-refractivity contribution in [2.24, 2.45) is 5.10 Å². The number of rotatable bonds is 0. The second kappa shape index (κ2) is 4.57. The highest BCUT2D eigenvalue weighted by Crippen LogP contribution is 2.29. The van der Waals surface area contributed by atoms with Gasteiger partial charge in [-0.3, -0.25) is 4.79 Å². The number of alkyl halides is 3. The number of Topliss-reactive ketones (excluding diaryl/α,β-unsaturated/α-hetero) is 1. The van der Waals surface area contributed by atoms with Crippen molar-refractivity contribution in [1.82, 2.24) is 19.8 Å². The number of piperidine rings is 1. The minimum atomic E-state index is -4.57. The maximum Gasteiger partial charge on any atom is 0.453 e. The molecule has 2 aliphatic heterocycles. The zero-order valence-corrected chi connectivity index (χ0v) is 10.5. The SMILES string of the molecule is O=C1CCN(C2=Nn3c(nnc3C(F)(F)F)CC2)CC1. The molecule has 0 spiro atoms. The highest BCUT2D eigenvalue weighted by molar-refractivity contribution is 5.86. The van der Waals surface area contributed by atoms with Crippen LogP contribution in [0.4, 0.5) is 13.2 Å². The van der Waals surface area contributed by atoms with E-state index in [0.717, 1.165) is 4.68 Å². The Morgan fingerprint density at radius 3 is 2.35 bits per heavy atom. The van der Waals surface area contributed by atoms with Crippen LogP contribution in [0.2, 0.25) is 0 Å². The lowest BCUT2D eigenvalue weighted by Crippen LogP contribution is -2.40. The quantitative estimate of drug-likeness (QED) is 0.716. The highest BCUT2D eigenvalue weighted by Gasteiger charge is 2.40. The van der Waals surface area contributed by atoms with Gasteiger partial charge in [-0.1, -0.05) is 0 Å². The predicted octanol–water partition coefficient (Wildman–Crippen LogP) is 1.07. The molecule has 3 heterocycles. The van der Waals surface area contributed by atoms with Crippen LogP contribution in [0.5, 0.6) is 0 Å². The van der Waals surface area contributed by atoms with Crippen molar-refractivity contribution >= 4 is 11.6 Å². The number of hydrogen-bond donors (Lipinski definition) is 0. The van der Waals surface area contributed by atoms with Crippen LogP contribution in [0.3, 0.4) is 0 Å². The summed E-state index contributed by atoms with van der Waals surface area (Å²) in [6.07, 6.45) is -2.86. The number of aromatic nitrogens is 3. The van der Waals surface area contributed by atoms with E-state index in [1.165, 1.54) is 0 Å². The molecule has 0 radical (unpaired) electrons. The van der Waals surface area contributed by atoms with Crippen molar-refractivity contribution < 1.29 is 18.0 Å². The van der Waals surface area contributed by atoms with Gasteiger partial charge in [0.05, 0.1) is 0 Å². The fourth-order valence-electron chi connectivity index (χ4n) is 2.37. The van der Waals surface area contributed by atoms with Crippen molar-refractivity contribution in [3.05, 3.63) is 11.6 Å². The van der Waals surface area contributed by atoms with Gasteiger partial charge in [-0.15, -0.1) is 10.2 Å². The first kappa shape index (κ1) is 13.1. The van der Waals surface area contributed by atoms with Gasteiger partial charge in [0.15, 0.2) is 5.82 Å². The fraction of sp³-hybridized carbons (Fsp3) is 0.636. The van der Waals surface area contributed by atoms with Gasteiger partial charge in [0.25, 0.3) is 5.82 Å². The third-order valence-corrected chi connectivity index (χ3v) is 3.43. The Morgan fingerprint density at radius 1 is 1.00 bits per heavy atom. The van der Waals surface area contributed by atoms with E-state index in [2.05, 4.69) is 15.3 Å².